The van der Waals surface area contributed by atoms with Crippen molar-refractivity contribution in [2.75, 3.05) is 11.9 Å². The molecule has 9 heteroatoms. The van der Waals surface area contributed by atoms with Crippen LogP contribution in [0.5, 0.6) is 0 Å². The molecule has 1 aliphatic heterocycles. The van der Waals surface area contributed by atoms with E-state index in [9.17, 15) is 14.9 Å². The van der Waals surface area contributed by atoms with Gasteiger partial charge in [-0.15, -0.1) is 11.3 Å². The first-order valence-corrected chi connectivity index (χ1v) is 9.43. The highest BCUT2D eigenvalue weighted by Crippen LogP contribution is 2.36. The molecule has 1 aromatic heterocycles. The van der Waals surface area contributed by atoms with E-state index in [1.165, 1.54) is 28.4 Å². The van der Waals surface area contributed by atoms with Crippen LogP contribution in [0.3, 0.4) is 0 Å². The number of nitrogens with one attached hydrogen (secondary N) is 1. The number of nitriles is 1. The topological polar surface area (TPSA) is 93.4 Å². The van der Waals surface area contributed by atoms with E-state index in [1.807, 2.05) is 0 Å². The lowest BCUT2D eigenvalue weighted by atomic mass is 10.0. The van der Waals surface area contributed by atoms with Gasteiger partial charge in [-0.25, -0.2) is 4.79 Å². The zero-order valence-electron chi connectivity index (χ0n) is 13.8. The smallest absolute Gasteiger partial charge is 0.407 e. The molecule has 0 bridgehead atoms. The van der Waals surface area contributed by atoms with E-state index >= 15 is 0 Å². The van der Waals surface area contributed by atoms with Crippen molar-refractivity contribution < 1.29 is 14.7 Å². The second-order valence-corrected chi connectivity index (χ2v) is 7.65. The number of carbonyl (C=O) groups excluding carboxylic acids is 1. The number of rotatable bonds is 3. The van der Waals surface area contributed by atoms with Gasteiger partial charge in [0.1, 0.15) is 11.1 Å². The Kier molecular flexibility index (Phi) is 5.71. The van der Waals surface area contributed by atoms with Gasteiger partial charge in [0.25, 0.3) is 0 Å². The summed E-state index contributed by atoms with van der Waals surface area (Å²) in [6, 6.07) is 7.15. The van der Waals surface area contributed by atoms with Crippen LogP contribution < -0.4 is 5.32 Å². The second-order valence-electron chi connectivity index (χ2n) is 5.73. The van der Waals surface area contributed by atoms with Crippen LogP contribution >= 0.6 is 34.5 Å². The Balaban J connectivity index is 1.80. The Morgan fingerprint density at radius 1 is 1.33 bits per heavy atom. The third-order valence-corrected chi connectivity index (χ3v) is 5.87. The van der Waals surface area contributed by atoms with Gasteiger partial charge in [-0.3, -0.25) is 4.79 Å². The van der Waals surface area contributed by atoms with Crippen molar-refractivity contribution in [2.24, 2.45) is 0 Å². The number of amides is 2. The molecule has 0 unspecified atom stereocenters. The lowest BCUT2D eigenvalue weighted by Crippen LogP contribution is -2.34. The summed E-state index contributed by atoms with van der Waals surface area (Å²) in [5, 5.41) is 22.5. The number of halogens is 2. The van der Waals surface area contributed by atoms with Crippen LogP contribution in [-0.2, 0) is 17.8 Å². The Morgan fingerprint density at radius 3 is 2.67 bits per heavy atom. The minimum Gasteiger partial charge on any atom is -0.465 e. The van der Waals surface area contributed by atoms with E-state index in [0.717, 1.165) is 10.4 Å². The van der Waals surface area contributed by atoms with Crippen molar-refractivity contribution in [3.63, 3.8) is 0 Å². The van der Waals surface area contributed by atoms with Crippen molar-refractivity contribution in [1.82, 2.24) is 4.90 Å². The van der Waals surface area contributed by atoms with Crippen LogP contribution in [0.25, 0.3) is 6.08 Å². The SMILES string of the molecule is N#Cc1c(NC(=O)C=Cc2c(Cl)cccc2Cl)sc2c1CCN(C(=O)O)C2. The number of hydrogen-bond acceptors (Lipinski definition) is 4. The molecule has 3 rings (SSSR count). The molecule has 0 aliphatic carbocycles. The van der Waals surface area contributed by atoms with Crippen molar-refractivity contribution in [3.05, 3.63) is 55.9 Å². The fourth-order valence-corrected chi connectivity index (χ4v) is 4.50. The molecule has 1 aromatic carbocycles. The Labute approximate surface area is 169 Å². The van der Waals surface area contributed by atoms with Gasteiger partial charge in [0.15, 0.2) is 0 Å². The van der Waals surface area contributed by atoms with E-state index < -0.39 is 12.0 Å². The molecular weight excluding hydrogens is 409 g/mol. The summed E-state index contributed by atoms with van der Waals surface area (Å²) >= 11 is 13.4. The summed E-state index contributed by atoms with van der Waals surface area (Å²) < 4.78 is 0. The van der Waals surface area contributed by atoms with Crippen molar-refractivity contribution in [2.45, 2.75) is 13.0 Å². The molecule has 0 atom stereocenters. The zero-order valence-corrected chi connectivity index (χ0v) is 16.2. The van der Waals surface area contributed by atoms with Gasteiger partial charge >= 0.3 is 6.09 Å². The fourth-order valence-electron chi connectivity index (χ4n) is 2.76. The van der Waals surface area contributed by atoms with E-state index in [0.29, 0.717) is 39.1 Å². The molecule has 2 amide bonds. The van der Waals surface area contributed by atoms with Crippen LogP contribution in [0, 0.1) is 11.3 Å². The van der Waals surface area contributed by atoms with Crippen LogP contribution in [0.2, 0.25) is 10.0 Å². The lowest BCUT2D eigenvalue weighted by Gasteiger charge is -2.23. The van der Waals surface area contributed by atoms with Gasteiger partial charge in [-0.05, 0) is 30.2 Å². The van der Waals surface area contributed by atoms with Gasteiger partial charge in [-0.2, -0.15) is 5.26 Å². The quantitative estimate of drug-likeness (QED) is 0.707. The average molecular weight is 422 g/mol. The predicted molar refractivity (Wildman–Crippen MR) is 105 cm³/mol. The summed E-state index contributed by atoms with van der Waals surface area (Å²) in [4.78, 5) is 25.5. The maximum atomic E-state index is 12.3. The highest BCUT2D eigenvalue weighted by molar-refractivity contribution is 7.16. The number of benzene rings is 1. The summed E-state index contributed by atoms with van der Waals surface area (Å²) in [6.07, 6.45) is 2.24. The highest BCUT2D eigenvalue weighted by Gasteiger charge is 2.27. The summed E-state index contributed by atoms with van der Waals surface area (Å²) in [5.41, 5.74) is 1.71. The first-order valence-electron chi connectivity index (χ1n) is 7.86. The van der Waals surface area contributed by atoms with Crippen molar-refractivity contribution in [1.29, 1.82) is 5.26 Å². The third-order valence-electron chi connectivity index (χ3n) is 4.08. The second kappa shape index (κ2) is 8.01. The number of anilines is 1. The first-order chi connectivity index (χ1) is 12.9. The molecule has 2 N–H and O–H groups in total. The van der Waals surface area contributed by atoms with Crippen LogP contribution in [0.1, 0.15) is 21.6 Å². The molecule has 1 aliphatic rings. The number of thiophene rings is 1. The Hall–Kier alpha value is -2.53. The fraction of sp³-hybridized carbons (Fsp3) is 0.167. The number of carbonyl (C=O) groups is 2. The summed E-state index contributed by atoms with van der Waals surface area (Å²) in [6.45, 7) is 0.539. The van der Waals surface area contributed by atoms with Crippen LogP contribution in [0.15, 0.2) is 24.3 Å². The number of fused-ring (bicyclic) bond motifs is 1. The molecule has 6 nitrogen and oxygen atoms in total. The van der Waals surface area contributed by atoms with Crippen molar-refractivity contribution >= 4 is 57.6 Å². The molecule has 0 saturated heterocycles. The number of hydrogen-bond donors (Lipinski definition) is 2. The van der Waals surface area contributed by atoms with Gasteiger partial charge in [-0.1, -0.05) is 29.3 Å². The van der Waals surface area contributed by atoms with Gasteiger partial charge in [0.05, 0.1) is 12.1 Å². The molecule has 0 spiro atoms. The molecule has 0 fully saturated rings. The molecule has 27 heavy (non-hydrogen) atoms. The van der Waals surface area contributed by atoms with E-state index in [2.05, 4.69) is 11.4 Å². The molecular formula is C18H13Cl2N3O3S. The van der Waals surface area contributed by atoms with Crippen LogP contribution in [0.4, 0.5) is 9.80 Å². The summed E-state index contributed by atoms with van der Waals surface area (Å²) in [7, 11) is 0. The molecule has 2 aromatic rings. The number of carboxylic acid groups (broad SMARTS) is 1. The molecule has 0 radical (unpaired) electrons. The van der Waals surface area contributed by atoms with E-state index in [4.69, 9.17) is 28.3 Å². The van der Waals surface area contributed by atoms with Gasteiger partial charge in [0.2, 0.25) is 5.91 Å². The normalized spacial score (nSPS) is 13.3. The minimum absolute atomic E-state index is 0.213. The Bertz CT molecular complexity index is 974. The lowest BCUT2D eigenvalue weighted by molar-refractivity contribution is -0.111. The molecule has 0 saturated carbocycles. The Morgan fingerprint density at radius 2 is 2.04 bits per heavy atom. The summed E-state index contributed by atoms with van der Waals surface area (Å²) in [5.74, 6) is -0.434. The maximum Gasteiger partial charge on any atom is 0.407 e. The van der Waals surface area contributed by atoms with Gasteiger partial charge in [0, 0.05) is 33.1 Å². The predicted octanol–water partition coefficient (Wildman–Crippen LogP) is 4.61. The first kappa shape index (κ1) is 19.2. The zero-order chi connectivity index (χ0) is 19.6. The standard InChI is InChI=1S/C18H13Cl2N3O3S/c19-13-2-1-3-14(20)11(13)4-5-16(24)22-17-12(8-21)10-6-7-23(18(25)26)9-15(10)27-17/h1-5H,6-7,9H2,(H,22,24)(H,25,26). The molecule has 2 heterocycles. The number of nitrogens with zero attached hydrogens (tertiary/aromatic N) is 2. The largest absolute Gasteiger partial charge is 0.465 e. The third kappa shape index (κ3) is 4.08. The van der Waals surface area contributed by atoms with E-state index in [1.54, 1.807) is 18.2 Å². The minimum atomic E-state index is -1.00. The van der Waals surface area contributed by atoms with Crippen LogP contribution in [-0.4, -0.2) is 28.6 Å². The van der Waals surface area contributed by atoms with E-state index in [-0.39, 0.29) is 6.54 Å². The monoisotopic (exact) mass is 421 g/mol. The molecule has 138 valence electrons. The highest BCUT2D eigenvalue weighted by atomic mass is 35.5. The maximum absolute atomic E-state index is 12.3. The average Bonchev–Trinajstić information content (AvgIpc) is 2.97. The van der Waals surface area contributed by atoms with Gasteiger partial charge < -0.3 is 15.3 Å². The van der Waals surface area contributed by atoms with Crippen molar-refractivity contribution in [3.8, 4) is 6.07 Å².